The fourth-order valence-corrected chi connectivity index (χ4v) is 4.05. The van der Waals surface area contributed by atoms with Gasteiger partial charge in [0.25, 0.3) is 5.91 Å². The normalized spacial score (nSPS) is 18.5. The summed E-state index contributed by atoms with van der Waals surface area (Å²) in [6, 6.07) is 13.5. The van der Waals surface area contributed by atoms with Crippen LogP contribution in [0, 0.1) is 5.92 Å². The molecule has 3 aromatic rings. The molecule has 35 heavy (non-hydrogen) atoms. The number of rotatable bonds is 3. The molecule has 3 aliphatic rings. The summed E-state index contributed by atoms with van der Waals surface area (Å²) in [5.41, 5.74) is 4.93. The van der Waals surface area contributed by atoms with Gasteiger partial charge in [-0.05, 0) is 67.6 Å². The van der Waals surface area contributed by atoms with Crippen LogP contribution in [0.2, 0.25) is 0 Å². The fraction of sp³-hybridized carbons (Fsp3) is 0.370. The highest BCUT2D eigenvalue weighted by molar-refractivity contribution is 5.96. The van der Waals surface area contributed by atoms with Gasteiger partial charge in [-0.2, -0.15) is 0 Å². The van der Waals surface area contributed by atoms with Crippen LogP contribution in [0.4, 0.5) is 17.3 Å². The third-order valence-electron chi connectivity index (χ3n) is 6.20. The van der Waals surface area contributed by atoms with Crippen LogP contribution in [0.25, 0.3) is 11.3 Å². The summed E-state index contributed by atoms with van der Waals surface area (Å²) in [6.45, 7) is 3.77. The second-order valence-electron chi connectivity index (χ2n) is 9.21. The summed E-state index contributed by atoms with van der Waals surface area (Å²) < 4.78 is 12.2. The number of fused-ring (bicyclic) bond motifs is 9. The Labute approximate surface area is 205 Å². The van der Waals surface area contributed by atoms with Crippen molar-refractivity contribution in [3.63, 3.8) is 0 Å². The summed E-state index contributed by atoms with van der Waals surface area (Å²) in [5, 5.41) is 9.54. The molecule has 0 spiro atoms. The van der Waals surface area contributed by atoms with Crippen molar-refractivity contribution in [2.75, 3.05) is 30.8 Å². The Morgan fingerprint density at radius 2 is 2.00 bits per heavy atom. The highest BCUT2D eigenvalue weighted by atomic mass is 16.5. The lowest BCUT2D eigenvalue weighted by atomic mass is 10.0. The number of anilines is 3. The van der Waals surface area contributed by atoms with E-state index in [0.29, 0.717) is 43.3 Å². The summed E-state index contributed by atoms with van der Waals surface area (Å²) in [7, 11) is 1.84. The number of carbonyl (C=O) groups excluding carboxylic acids is 1. The molecule has 182 valence electrons. The lowest BCUT2D eigenvalue weighted by molar-refractivity contribution is 0.0850. The first-order valence-electron chi connectivity index (χ1n) is 12.2. The molecule has 1 unspecified atom stereocenters. The van der Waals surface area contributed by atoms with E-state index in [1.54, 1.807) is 6.20 Å². The van der Waals surface area contributed by atoms with Crippen LogP contribution in [0.3, 0.4) is 0 Å². The molecule has 0 radical (unpaired) electrons. The minimum atomic E-state index is -0.0954. The number of nitrogens with zero attached hydrogens (tertiary/aromatic N) is 2. The van der Waals surface area contributed by atoms with Gasteiger partial charge < -0.3 is 25.4 Å². The van der Waals surface area contributed by atoms with Gasteiger partial charge in [-0.3, -0.25) is 4.79 Å². The Morgan fingerprint density at radius 1 is 1.11 bits per heavy atom. The lowest BCUT2D eigenvalue weighted by Gasteiger charge is -2.16. The fourth-order valence-electron chi connectivity index (χ4n) is 4.05. The minimum absolute atomic E-state index is 0.0954. The van der Waals surface area contributed by atoms with Gasteiger partial charge in [0.1, 0.15) is 5.75 Å². The van der Waals surface area contributed by atoms with Crippen molar-refractivity contribution in [3.8, 4) is 17.0 Å². The van der Waals surface area contributed by atoms with E-state index in [1.165, 1.54) is 0 Å². The quantitative estimate of drug-likeness (QED) is 0.505. The number of hydrogen-bond donors (Lipinski definition) is 3. The van der Waals surface area contributed by atoms with Gasteiger partial charge >= 0.3 is 0 Å². The summed E-state index contributed by atoms with van der Waals surface area (Å²) in [5.74, 6) is 1.55. The van der Waals surface area contributed by atoms with Crippen molar-refractivity contribution in [2.45, 2.75) is 38.9 Å². The van der Waals surface area contributed by atoms with Crippen LogP contribution in [-0.2, 0) is 11.3 Å². The van der Waals surface area contributed by atoms with Gasteiger partial charge in [0.05, 0.1) is 18.4 Å². The number of ether oxygens (including phenoxy) is 2. The number of benzene rings is 2. The number of carbonyl (C=O) groups is 1. The highest BCUT2D eigenvalue weighted by Crippen LogP contribution is 2.32. The van der Waals surface area contributed by atoms with E-state index < -0.39 is 0 Å². The zero-order chi connectivity index (χ0) is 24.2. The first-order valence-corrected chi connectivity index (χ1v) is 12.2. The molecule has 1 amide bonds. The first kappa shape index (κ1) is 23.1. The third-order valence-corrected chi connectivity index (χ3v) is 6.20. The first-order chi connectivity index (χ1) is 17.1. The summed E-state index contributed by atoms with van der Waals surface area (Å²) in [6.07, 6.45) is 5.05. The number of hydrogen-bond acceptors (Lipinski definition) is 7. The molecule has 1 saturated carbocycles. The van der Waals surface area contributed by atoms with E-state index in [2.05, 4.69) is 27.9 Å². The standard InChI is InChI=1S/C27H31N5O3/c1-17-9-11-29-26(33)18-3-7-22(24(14-18)28-2)23-10-12-30-27(32-23)31-20-4-8-25(35-21-5-6-21)19(13-20)16-34-15-17/h3-4,7-8,10,12-14,17,21,28H,5-6,9,11,15-16H2,1-2H3,(H,29,33)(H,30,31,32). The van der Waals surface area contributed by atoms with E-state index >= 15 is 0 Å². The molecule has 1 atom stereocenters. The average Bonchev–Trinajstić information content (AvgIpc) is 3.69. The van der Waals surface area contributed by atoms with Crippen LogP contribution in [0.15, 0.2) is 48.7 Å². The van der Waals surface area contributed by atoms with Gasteiger partial charge in [0.2, 0.25) is 5.95 Å². The van der Waals surface area contributed by atoms with Crippen molar-refractivity contribution in [3.05, 3.63) is 59.8 Å². The van der Waals surface area contributed by atoms with Crippen molar-refractivity contribution >= 4 is 23.2 Å². The van der Waals surface area contributed by atoms with Gasteiger partial charge in [-0.15, -0.1) is 0 Å². The zero-order valence-corrected chi connectivity index (χ0v) is 20.1. The maximum Gasteiger partial charge on any atom is 0.251 e. The summed E-state index contributed by atoms with van der Waals surface area (Å²) >= 11 is 0. The van der Waals surface area contributed by atoms with Crippen LogP contribution < -0.4 is 20.7 Å². The molecule has 1 fully saturated rings. The molecule has 1 aliphatic carbocycles. The minimum Gasteiger partial charge on any atom is -0.490 e. The Morgan fingerprint density at radius 3 is 2.83 bits per heavy atom. The average molecular weight is 474 g/mol. The third kappa shape index (κ3) is 5.71. The summed E-state index contributed by atoms with van der Waals surface area (Å²) in [4.78, 5) is 21.9. The van der Waals surface area contributed by atoms with Crippen LogP contribution in [0.5, 0.6) is 5.75 Å². The van der Waals surface area contributed by atoms with Crippen molar-refractivity contribution in [1.29, 1.82) is 0 Å². The monoisotopic (exact) mass is 473 g/mol. The molecule has 2 aromatic carbocycles. The molecule has 1 aromatic heterocycles. The number of nitrogens with one attached hydrogen (secondary N) is 3. The maximum absolute atomic E-state index is 12.7. The van der Waals surface area contributed by atoms with E-state index in [0.717, 1.165) is 53.2 Å². The Hall–Kier alpha value is -3.65. The maximum atomic E-state index is 12.7. The molecular weight excluding hydrogens is 442 g/mol. The van der Waals surface area contributed by atoms with E-state index in [9.17, 15) is 4.79 Å². The van der Waals surface area contributed by atoms with Crippen molar-refractivity contribution in [2.24, 2.45) is 5.92 Å². The molecule has 6 bridgehead atoms. The van der Waals surface area contributed by atoms with Gasteiger partial charge in [-0.25, -0.2) is 9.97 Å². The number of aromatic nitrogens is 2. The predicted molar refractivity (Wildman–Crippen MR) is 136 cm³/mol. The second-order valence-corrected chi connectivity index (χ2v) is 9.21. The SMILES string of the molecule is CNc1cc2ccc1-c1ccnc(n1)Nc1ccc(OC3CC3)c(c1)COCC(C)CCNC2=O. The molecule has 0 saturated heterocycles. The van der Waals surface area contributed by atoms with E-state index in [-0.39, 0.29) is 5.91 Å². The predicted octanol–water partition coefficient (Wildman–Crippen LogP) is 4.76. The molecule has 8 nitrogen and oxygen atoms in total. The topological polar surface area (TPSA) is 97.4 Å². The molecule has 3 N–H and O–H groups in total. The second kappa shape index (κ2) is 10.3. The lowest BCUT2D eigenvalue weighted by Crippen LogP contribution is -2.26. The van der Waals surface area contributed by atoms with Gasteiger partial charge in [0, 0.05) is 54.5 Å². The van der Waals surface area contributed by atoms with E-state index in [1.807, 2.05) is 49.5 Å². The zero-order valence-electron chi connectivity index (χ0n) is 20.1. The van der Waals surface area contributed by atoms with Gasteiger partial charge in [0.15, 0.2) is 0 Å². The van der Waals surface area contributed by atoms with E-state index in [4.69, 9.17) is 14.5 Å². The molecule has 2 aliphatic heterocycles. The molecule has 8 heteroatoms. The Bertz CT molecular complexity index is 1210. The largest absolute Gasteiger partial charge is 0.490 e. The Kier molecular flexibility index (Phi) is 6.81. The molecule has 3 heterocycles. The van der Waals surface area contributed by atoms with Gasteiger partial charge in [-0.1, -0.05) is 6.92 Å². The molecular formula is C27H31N5O3. The Balaban J connectivity index is 1.49. The number of amides is 1. The molecule has 6 rings (SSSR count). The van der Waals surface area contributed by atoms with Crippen LogP contribution in [-0.4, -0.2) is 42.2 Å². The van der Waals surface area contributed by atoms with Crippen LogP contribution >= 0.6 is 0 Å². The smallest absolute Gasteiger partial charge is 0.251 e. The van der Waals surface area contributed by atoms with Crippen molar-refractivity contribution < 1.29 is 14.3 Å². The highest BCUT2D eigenvalue weighted by Gasteiger charge is 2.25. The van der Waals surface area contributed by atoms with Crippen LogP contribution in [0.1, 0.15) is 42.1 Å². The van der Waals surface area contributed by atoms with Crippen molar-refractivity contribution in [1.82, 2.24) is 15.3 Å².